The fraction of sp³-hybridized carbons (Fsp3) is 0.154. The summed E-state index contributed by atoms with van der Waals surface area (Å²) >= 11 is 0. The van der Waals surface area contributed by atoms with Crippen molar-refractivity contribution in [3.63, 3.8) is 0 Å². The number of allylic oxidation sites excluding steroid dienone is 1. The van der Waals surface area contributed by atoms with Crippen molar-refractivity contribution in [3.8, 4) is 5.75 Å². The molecule has 1 aromatic heterocycles. The van der Waals surface area contributed by atoms with Crippen molar-refractivity contribution >= 4 is 11.0 Å². The molecule has 0 aliphatic heterocycles. The summed E-state index contributed by atoms with van der Waals surface area (Å²) in [5.74, 6) is -0.250. The fourth-order valence-electron chi connectivity index (χ4n) is 1.67. The van der Waals surface area contributed by atoms with Crippen LogP contribution in [0.15, 0.2) is 46.1 Å². The maximum atomic E-state index is 11.7. The lowest BCUT2D eigenvalue weighted by Crippen LogP contribution is -2.09. The lowest BCUT2D eigenvalue weighted by atomic mass is 10.0. The summed E-state index contributed by atoms with van der Waals surface area (Å²) in [5, 5.41) is 10.6. The first-order valence-corrected chi connectivity index (χ1v) is 5.02. The van der Waals surface area contributed by atoms with Gasteiger partial charge in [0, 0.05) is 5.92 Å². The van der Waals surface area contributed by atoms with Gasteiger partial charge in [-0.15, -0.1) is 6.58 Å². The van der Waals surface area contributed by atoms with Crippen LogP contribution in [0.1, 0.15) is 18.4 Å². The minimum atomic E-state index is -0.511. The molecule has 0 amide bonds. The molecular formula is C13H12O3. The summed E-state index contributed by atoms with van der Waals surface area (Å²) in [6.45, 7) is 5.39. The molecule has 3 nitrogen and oxygen atoms in total. The molecule has 2 rings (SSSR count). The van der Waals surface area contributed by atoms with Gasteiger partial charge >= 0.3 is 5.63 Å². The Morgan fingerprint density at radius 2 is 2.12 bits per heavy atom. The van der Waals surface area contributed by atoms with Crippen LogP contribution >= 0.6 is 0 Å². The number of hydrogen-bond acceptors (Lipinski definition) is 3. The molecular weight excluding hydrogens is 204 g/mol. The second kappa shape index (κ2) is 3.85. The van der Waals surface area contributed by atoms with Crippen LogP contribution in [0.5, 0.6) is 5.75 Å². The largest absolute Gasteiger partial charge is 0.507 e. The van der Waals surface area contributed by atoms with Crippen LogP contribution in [-0.4, -0.2) is 5.11 Å². The molecule has 0 saturated carbocycles. The van der Waals surface area contributed by atoms with Crippen LogP contribution in [0.4, 0.5) is 0 Å². The Kier molecular flexibility index (Phi) is 2.52. The van der Waals surface area contributed by atoms with E-state index in [9.17, 15) is 9.90 Å². The van der Waals surface area contributed by atoms with Crippen LogP contribution in [0.3, 0.4) is 0 Å². The Balaban J connectivity index is 2.86. The maximum Gasteiger partial charge on any atom is 0.343 e. The lowest BCUT2D eigenvalue weighted by Gasteiger charge is -2.08. The molecule has 3 heteroatoms. The van der Waals surface area contributed by atoms with Crippen molar-refractivity contribution in [3.05, 3.63) is 52.9 Å². The Hall–Kier alpha value is -2.03. The lowest BCUT2D eigenvalue weighted by molar-refractivity contribution is 0.454. The van der Waals surface area contributed by atoms with Gasteiger partial charge in [-0.3, -0.25) is 0 Å². The normalized spacial score (nSPS) is 12.6. The molecule has 0 fully saturated rings. The van der Waals surface area contributed by atoms with Crippen LogP contribution in [0.2, 0.25) is 0 Å². The number of benzene rings is 1. The van der Waals surface area contributed by atoms with E-state index < -0.39 is 5.63 Å². The van der Waals surface area contributed by atoms with E-state index in [2.05, 4.69) is 6.58 Å². The molecule has 1 aromatic carbocycles. The second-order valence-electron chi connectivity index (χ2n) is 3.67. The number of rotatable bonds is 2. The highest BCUT2D eigenvalue weighted by molar-refractivity contribution is 5.84. The van der Waals surface area contributed by atoms with Gasteiger partial charge in [-0.2, -0.15) is 0 Å². The van der Waals surface area contributed by atoms with E-state index in [-0.39, 0.29) is 17.2 Å². The Bertz CT molecular complexity index is 596. The summed E-state index contributed by atoms with van der Waals surface area (Å²) in [7, 11) is 0. The van der Waals surface area contributed by atoms with Crippen molar-refractivity contribution in [1.29, 1.82) is 0 Å². The molecule has 1 heterocycles. The predicted molar refractivity (Wildman–Crippen MR) is 62.8 cm³/mol. The van der Waals surface area contributed by atoms with E-state index in [1.54, 1.807) is 37.3 Å². The summed E-state index contributed by atoms with van der Waals surface area (Å²) in [6, 6.07) is 6.90. The first-order chi connectivity index (χ1) is 7.65. The van der Waals surface area contributed by atoms with Crippen LogP contribution in [-0.2, 0) is 0 Å². The average molecular weight is 216 g/mol. The first kappa shape index (κ1) is 10.5. The SMILES string of the molecule is C=CC(C)c1c(O)c2ccccc2oc1=O. The number of aromatic hydroxyl groups is 1. The van der Waals surface area contributed by atoms with E-state index in [1.165, 1.54) is 0 Å². The molecule has 2 aromatic rings. The summed E-state index contributed by atoms with van der Waals surface area (Å²) in [6.07, 6.45) is 1.60. The summed E-state index contributed by atoms with van der Waals surface area (Å²) < 4.78 is 5.13. The van der Waals surface area contributed by atoms with Crippen molar-refractivity contribution in [2.24, 2.45) is 0 Å². The van der Waals surface area contributed by atoms with Crippen molar-refractivity contribution < 1.29 is 9.52 Å². The van der Waals surface area contributed by atoms with Gasteiger partial charge in [-0.05, 0) is 12.1 Å². The maximum absolute atomic E-state index is 11.7. The van der Waals surface area contributed by atoms with E-state index in [0.29, 0.717) is 11.0 Å². The van der Waals surface area contributed by atoms with Crippen molar-refractivity contribution in [2.75, 3.05) is 0 Å². The first-order valence-electron chi connectivity index (χ1n) is 5.02. The Morgan fingerprint density at radius 1 is 1.44 bits per heavy atom. The Labute approximate surface area is 92.6 Å². The van der Waals surface area contributed by atoms with Crippen molar-refractivity contribution in [1.82, 2.24) is 0 Å². The van der Waals surface area contributed by atoms with Crippen molar-refractivity contribution in [2.45, 2.75) is 12.8 Å². The molecule has 16 heavy (non-hydrogen) atoms. The molecule has 0 aliphatic rings. The smallest absolute Gasteiger partial charge is 0.343 e. The molecule has 1 N–H and O–H groups in total. The topological polar surface area (TPSA) is 50.4 Å². The molecule has 1 atom stereocenters. The van der Waals surface area contributed by atoms with Gasteiger partial charge in [0.15, 0.2) is 0 Å². The third kappa shape index (κ3) is 1.50. The highest BCUT2D eigenvalue weighted by atomic mass is 16.4. The van der Waals surface area contributed by atoms with Gasteiger partial charge in [0.05, 0.1) is 10.9 Å². The third-order valence-corrected chi connectivity index (χ3v) is 2.63. The van der Waals surface area contributed by atoms with Gasteiger partial charge in [-0.25, -0.2) is 4.79 Å². The second-order valence-corrected chi connectivity index (χ2v) is 3.67. The number of para-hydroxylation sites is 1. The quantitative estimate of drug-likeness (QED) is 0.620. The molecule has 82 valence electrons. The van der Waals surface area contributed by atoms with Crippen LogP contribution < -0.4 is 5.63 Å². The highest BCUT2D eigenvalue weighted by Crippen LogP contribution is 2.30. The molecule has 1 unspecified atom stereocenters. The summed E-state index contributed by atoms with van der Waals surface area (Å²) in [5.41, 5.74) is 0.141. The van der Waals surface area contributed by atoms with E-state index in [4.69, 9.17) is 4.42 Å². The summed E-state index contributed by atoms with van der Waals surface area (Å²) in [4.78, 5) is 11.7. The van der Waals surface area contributed by atoms with Crippen LogP contribution in [0.25, 0.3) is 11.0 Å². The van der Waals surface area contributed by atoms with E-state index >= 15 is 0 Å². The molecule has 0 spiro atoms. The minimum absolute atomic E-state index is 0.0146. The zero-order chi connectivity index (χ0) is 11.7. The third-order valence-electron chi connectivity index (χ3n) is 2.63. The van der Waals surface area contributed by atoms with Gasteiger partial charge in [-0.1, -0.05) is 25.1 Å². The molecule has 0 aliphatic carbocycles. The van der Waals surface area contributed by atoms with Gasteiger partial charge in [0.2, 0.25) is 0 Å². The molecule has 0 saturated heterocycles. The van der Waals surface area contributed by atoms with Gasteiger partial charge < -0.3 is 9.52 Å². The van der Waals surface area contributed by atoms with E-state index in [0.717, 1.165) is 0 Å². The predicted octanol–water partition coefficient (Wildman–Crippen LogP) is 2.79. The monoisotopic (exact) mass is 216 g/mol. The highest BCUT2D eigenvalue weighted by Gasteiger charge is 2.17. The average Bonchev–Trinajstić information content (AvgIpc) is 2.28. The number of fused-ring (bicyclic) bond motifs is 1. The van der Waals surface area contributed by atoms with Crippen LogP contribution in [0, 0.1) is 0 Å². The van der Waals surface area contributed by atoms with E-state index in [1.807, 2.05) is 0 Å². The zero-order valence-corrected chi connectivity index (χ0v) is 8.93. The van der Waals surface area contributed by atoms with Gasteiger partial charge in [0.1, 0.15) is 11.3 Å². The molecule has 0 bridgehead atoms. The zero-order valence-electron chi connectivity index (χ0n) is 8.93. The minimum Gasteiger partial charge on any atom is -0.507 e. The number of hydrogen-bond donors (Lipinski definition) is 1. The Morgan fingerprint density at radius 3 is 2.81 bits per heavy atom. The standard InChI is InChI=1S/C13H12O3/c1-3-8(2)11-12(14)9-6-4-5-7-10(9)16-13(11)15/h3-8,14H,1H2,2H3. The molecule has 0 radical (unpaired) electrons. The van der Waals surface area contributed by atoms with Gasteiger partial charge in [0.25, 0.3) is 0 Å². The fourth-order valence-corrected chi connectivity index (χ4v) is 1.67.